The Bertz CT molecular complexity index is 1660. The number of nitrogens with zero attached hydrogens (tertiary/aromatic N) is 4. The highest BCUT2D eigenvalue weighted by molar-refractivity contribution is 8.00. The normalized spacial score (nSPS) is 17.5. The Morgan fingerprint density at radius 3 is 2.70 bits per heavy atom. The maximum atomic E-state index is 12.1. The molecule has 15 nitrogen and oxygen atoms in total. The molecule has 2 fully saturated rings. The van der Waals surface area contributed by atoms with Gasteiger partial charge >= 0.3 is 0 Å². The number of anilines is 4. The highest BCUT2D eigenvalue weighted by Crippen LogP contribution is 2.34. The molecule has 286 valence electrons. The number of carbonyl (C=O) groups is 2. The molecule has 53 heavy (non-hydrogen) atoms. The van der Waals surface area contributed by atoms with E-state index in [9.17, 15) is 9.59 Å². The fourth-order valence-corrected chi connectivity index (χ4v) is 7.50. The predicted octanol–water partition coefficient (Wildman–Crippen LogP) is 4.05. The van der Waals surface area contributed by atoms with E-state index in [0.29, 0.717) is 111 Å². The second kappa shape index (κ2) is 21.4. The zero-order valence-electron chi connectivity index (χ0n) is 29.8. The van der Waals surface area contributed by atoms with Crippen LogP contribution in [0.5, 0.6) is 0 Å². The van der Waals surface area contributed by atoms with E-state index in [2.05, 4.69) is 60.1 Å². The van der Waals surface area contributed by atoms with Crippen molar-refractivity contribution < 1.29 is 23.8 Å². The Kier molecular flexibility index (Phi) is 16.1. The Balaban J connectivity index is 0.849. The van der Waals surface area contributed by atoms with Crippen molar-refractivity contribution in [3.05, 3.63) is 78.5 Å². The molecule has 17 heteroatoms. The molecule has 2 aliphatic heterocycles. The Morgan fingerprint density at radius 2 is 1.87 bits per heavy atom. The molecule has 0 radical (unpaired) electrons. The van der Waals surface area contributed by atoms with Crippen LogP contribution in [-0.2, 0) is 36.9 Å². The van der Waals surface area contributed by atoms with Gasteiger partial charge in [-0.05, 0) is 36.6 Å². The molecule has 1 aromatic carbocycles. The topological polar surface area (TPSA) is 178 Å². The zero-order chi connectivity index (χ0) is 37.3. The molecule has 3 aromatic rings. The highest BCUT2D eigenvalue weighted by Gasteiger charge is 2.40. The van der Waals surface area contributed by atoms with Gasteiger partial charge in [0.2, 0.25) is 17.8 Å². The number of thioether (sulfide) groups is 1. The van der Waals surface area contributed by atoms with Crippen LogP contribution in [-0.4, -0.2) is 101 Å². The van der Waals surface area contributed by atoms with Crippen LogP contribution in [0.15, 0.2) is 67.9 Å². The van der Waals surface area contributed by atoms with E-state index < -0.39 is 0 Å². The summed E-state index contributed by atoms with van der Waals surface area (Å²) in [6, 6.07) is 8.38. The SMILES string of the molecule is C=CC(=O)Nc1cccc(CNc2nc(Nc3cnn(CCOCCOCCOCCNC(=O)CCCC[C@@H]4SC[C@@H]5NC(=C)N[C@@H]54)c3)ncc2Cl)c1. The predicted molar refractivity (Wildman–Crippen MR) is 208 cm³/mol. The van der Waals surface area contributed by atoms with Crippen LogP contribution in [0.3, 0.4) is 0 Å². The number of unbranched alkanes of at least 4 members (excludes halogenated alkanes) is 1. The lowest BCUT2D eigenvalue weighted by Crippen LogP contribution is -2.36. The third-order valence-electron chi connectivity index (χ3n) is 8.42. The first kappa shape index (κ1) is 39.8. The maximum Gasteiger partial charge on any atom is 0.247 e. The number of aromatic nitrogens is 4. The lowest BCUT2D eigenvalue weighted by atomic mass is 10.0. The first-order valence-corrected chi connectivity index (χ1v) is 19.2. The van der Waals surface area contributed by atoms with Crippen molar-refractivity contribution >= 4 is 58.3 Å². The van der Waals surface area contributed by atoms with Gasteiger partial charge in [0.1, 0.15) is 5.02 Å². The van der Waals surface area contributed by atoms with Crippen LogP contribution in [0, 0.1) is 0 Å². The molecule has 6 N–H and O–H groups in total. The van der Waals surface area contributed by atoms with Gasteiger partial charge in [-0.15, -0.1) is 0 Å². The van der Waals surface area contributed by atoms with Crippen molar-refractivity contribution in [2.45, 2.75) is 56.1 Å². The largest absolute Gasteiger partial charge is 0.377 e. The number of amides is 2. The van der Waals surface area contributed by atoms with Crippen molar-refractivity contribution in [3.8, 4) is 0 Å². The fourth-order valence-electron chi connectivity index (χ4n) is 5.80. The summed E-state index contributed by atoms with van der Waals surface area (Å²) in [6.45, 7) is 11.7. The van der Waals surface area contributed by atoms with Gasteiger partial charge in [-0.3, -0.25) is 14.3 Å². The molecule has 0 saturated carbocycles. The molecule has 2 saturated heterocycles. The zero-order valence-corrected chi connectivity index (χ0v) is 31.4. The monoisotopic (exact) mass is 768 g/mol. The fraction of sp³-hybridized carbons (Fsp3) is 0.472. The van der Waals surface area contributed by atoms with E-state index in [4.69, 9.17) is 25.8 Å². The van der Waals surface area contributed by atoms with E-state index in [1.54, 1.807) is 16.9 Å². The number of fused-ring (bicyclic) bond motifs is 1. The van der Waals surface area contributed by atoms with Crippen molar-refractivity contribution in [1.82, 2.24) is 35.7 Å². The van der Waals surface area contributed by atoms with E-state index in [1.165, 1.54) is 12.3 Å². The van der Waals surface area contributed by atoms with Gasteiger partial charge in [-0.25, -0.2) is 4.98 Å². The number of carbonyl (C=O) groups excluding carboxylic acids is 2. The third-order valence-corrected chi connectivity index (χ3v) is 10.2. The van der Waals surface area contributed by atoms with E-state index in [0.717, 1.165) is 36.4 Å². The number of benzene rings is 1. The van der Waals surface area contributed by atoms with Gasteiger partial charge in [0.25, 0.3) is 0 Å². The Hall–Kier alpha value is -4.35. The van der Waals surface area contributed by atoms with Gasteiger partial charge < -0.3 is 46.1 Å². The number of nitrogens with one attached hydrogen (secondary N) is 6. The molecule has 2 aliphatic rings. The smallest absolute Gasteiger partial charge is 0.247 e. The molecule has 0 aliphatic carbocycles. The molecule has 2 aromatic heterocycles. The van der Waals surface area contributed by atoms with Crippen molar-refractivity contribution in [2.24, 2.45) is 0 Å². The van der Waals surface area contributed by atoms with E-state index >= 15 is 0 Å². The van der Waals surface area contributed by atoms with Gasteiger partial charge in [-0.1, -0.05) is 43.3 Å². The number of hydrogen-bond donors (Lipinski definition) is 6. The molecule has 3 atom stereocenters. The van der Waals surface area contributed by atoms with Crippen molar-refractivity contribution in [1.29, 1.82) is 0 Å². The van der Waals surface area contributed by atoms with Crippen LogP contribution in [0.1, 0.15) is 31.2 Å². The van der Waals surface area contributed by atoms with Gasteiger partial charge in [0, 0.05) is 42.4 Å². The van der Waals surface area contributed by atoms with Gasteiger partial charge in [0.15, 0.2) is 5.82 Å². The minimum absolute atomic E-state index is 0.0715. The lowest BCUT2D eigenvalue weighted by Gasteiger charge is -2.17. The second-order valence-corrected chi connectivity index (χ2v) is 14.1. The van der Waals surface area contributed by atoms with E-state index in [1.807, 2.05) is 36.2 Å². The second-order valence-electron chi connectivity index (χ2n) is 12.5. The average Bonchev–Trinajstić information content (AvgIpc) is 3.87. The number of rotatable bonds is 24. The maximum absolute atomic E-state index is 12.1. The Labute approximate surface area is 319 Å². The summed E-state index contributed by atoms with van der Waals surface area (Å²) >= 11 is 8.34. The molecular weight excluding hydrogens is 720 g/mol. The molecule has 5 rings (SSSR count). The summed E-state index contributed by atoms with van der Waals surface area (Å²) in [6.07, 6.45) is 9.85. The molecule has 0 unspecified atom stereocenters. The first-order valence-electron chi connectivity index (χ1n) is 17.8. The summed E-state index contributed by atoms with van der Waals surface area (Å²) in [7, 11) is 0. The summed E-state index contributed by atoms with van der Waals surface area (Å²) in [5.74, 6) is 2.66. The molecule has 2 amide bonds. The van der Waals surface area contributed by atoms with Crippen LogP contribution in [0.2, 0.25) is 5.02 Å². The van der Waals surface area contributed by atoms with Crippen molar-refractivity contribution in [3.63, 3.8) is 0 Å². The van der Waals surface area contributed by atoms with Crippen LogP contribution in [0.25, 0.3) is 0 Å². The molecule has 0 spiro atoms. The first-order chi connectivity index (χ1) is 25.9. The highest BCUT2D eigenvalue weighted by atomic mass is 35.5. The molecule has 4 heterocycles. The Morgan fingerprint density at radius 1 is 1.06 bits per heavy atom. The quantitative estimate of drug-likeness (QED) is 0.0569. The number of hydrogen-bond acceptors (Lipinski definition) is 13. The van der Waals surface area contributed by atoms with Crippen LogP contribution in [0.4, 0.5) is 23.1 Å². The molecular formula is C36H49ClN10O5S. The standard InChI is InChI=1S/C36H49ClN10O5S/c1-3-32(48)44-27-8-6-7-26(19-27)20-39-35-29(37)22-40-36(46-35)45-28-21-41-47(23-28)12-14-51-16-18-52-17-15-50-13-11-38-33(49)10-5-4-9-31-34-30(24-53-31)42-25(2)43-34/h3,6-8,19,21-23,30-31,34,42-43H,1-2,4-5,9-18,20,24H2,(H,38,49)(H,44,48)(H2,39,40,45,46)/t30-,31-,34-/m0/s1. The van der Waals surface area contributed by atoms with Gasteiger partial charge in [0.05, 0.1) is 82.2 Å². The number of ether oxygens (including phenoxy) is 3. The van der Waals surface area contributed by atoms with Crippen molar-refractivity contribution in [2.75, 3.05) is 67.9 Å². The van der Waals surface area contributed by atoms with Crippen LogP contribution >= 0.6 is 23.4 Å². The summed E-state index contributed by atoms with van der Waals surface area (Å²) in [4.78, 5) is 32.5. The number of halogens is 1. The minimum Gasteiger partial charge on any atom is -0.377 e. The summed E-state index contributed by atoms with van der Waals surface area (Å²) in [5, 5.41) is 24.2. The van der Waals surface area contributed by atoms with Crippen LogP contribution < -0.4 is 31.9 Å². The van der Waals surface area contributed by atoms with Gasteiger partial charge in [-0.2, -0.15) is 21.8 Å². The summed E-state index contributed by atoms with van der Waals surface area (Å²) in [5.41, 5.74) is 2.31. The molecule has 0 bridgehead atoms. The minimum atomic E-state index is -0.277. The summed E-state index contributed by atoms with van der Waals surface area (Å²) < 4.78 is 18.6. The third kappa shape index (κ3) is 13.5. The van der Waals surface area contributed by atoms with E-state index in [-0.39, 0.29) is 11.8 Å². The lowest BCUT2D eigenvalue weighted by molar-refractivity contribution is -0.121. The average molecular weight is 769 g/mol.